The average Bonchev–Trinajstić information content (AvgIpc) is 2.03. The second-order valence-corrected chi connectivity index (χ2v) is 2.41. The Morgan fingerprint density at radius 3 is 1.85 bits per heavy atom. The van der Waals surface area contributed by atoms with E-state index in [1.165, 1.54) is 0 Å². The molecular formula is C7H14N6. The van der Waals surface area contributed by atoms with Crippen LogP contribution in [-0.2, 0) is 0 Å². The maximum Gasteiger partial charge on any atom is 0.133 e. The highest BCUT2D eigenvalue weighted by Crippen LogP contribution is 1.89. The minimum atomic E-state index is 0.183. The summed E-state index contributed by atoms with van der Waals surface area (Å²) in [6.45, 7) is 3.10. The molecule has 0 amide bonds. The SMILES string of the molecule is CNN=C(C(C)=N)C(=NN)C(C)=N. The quantitative estimate of drug-likeness (QED) is 0.278. The molecule has 0 aromatic carbocycles. The van der Waals surface area contributed by atoms with Crippen molar-refractivity contribution in [3.8, 4) is 0 Å². The zero-order valence-corrected chi connectivity index (χ0v) is 7.97. The summed E-state index contributed by atoms with van der Waals surface area (Å²) in [5.41, 5.74) is 3.44. The Balaban J connectivity index is 5.06. The molecule has 0 aliphatic carbocycles. The average molecular weight is 182 g/mol. The van der Waals surface area contributed by atoms with E-state index in [2.05, 4.69) is 15.6 Å². The molecule has 13 heavy (non-hydrogen) atoms. The number of hydrogen-bond acceptors (Lipinski definition) is 6. The van der Waals surface area contributed by atoms with E-state index in [-0.39, 0.29) is 22.8 Å². The highest BCUT2D eigenvalue weighted by atomic mass is 15.3. The van der Waals surface area contributed by atoms with E-state index in [9.17, 15) is 0 Å². The first-order valence-electron chi connectivity index (χ1n) is 3.68. The molecule has 0 spiro atoms. The molecule has 0 rings (SSSR count). The molecule has 0 bridgehead atoms. The van der Waals surface area contributed by atoms with E-state index in [4.69, 9.17) is 16.7 Å². The van der Waals surface area contributed by atoms with Crippen molar-refractivity contribution < 1.29 is 0 Å². The fourth-order valence-corrected chi connectivity index (χ4v) is 0.762. The van der Waals surface area contributed by atoms with Crippen LogP contribution in [0.1, 0.15) is 13.8 Å². The summed E-state index contributed by atoms with van der Waals surface area (Å²) in [6.07, 6.45) is 0. The summed E-state index contributed by atoms with van der Waals surface area (Å²) < 4.78 is 0. The number of hydrazone groups is 2. The molecule has 0 aromatic heterocycles. The standard InChI is InChI=1S/C7H14N6/c1-4(8)6(12-10)7(5(2)9)13-11-3/h8-9,11H,10H2,1-3H3. The van der Waals surface area contributed by atoms with Crippen LogP contribution in [0.15, 0.2) is 10.2 Å². The molecule has 0 saturated heterocycles. The van der Waals surface area contributed by atoms with Gasteiger partial charge in [-0.1, -0.05) is 0 Å². The van der Waals surface area contributed by atoms with Gasteiger partial charge in [0.25, 0.3) is 0 Å². The first kappa shape index (κ1) is 11.3. The van der Waals surface area contributed by atoms with Crippen LogP contribution in [0.2, 0.25) is 0 Å². The largest absolute Gasteiger partial charge is 0.323 e. The molecule has 0 saturated carbocycles. The van der Waals surface area contributed by atoms with Crippen molar-refractivity contribution in [3.63, 3.8) is 0 Å². The van der Waals surface area contributed by atoms with Crippen molar-refractivity contribution in [1.29, 1.82) is 10.8 Å². The lowest BCUT2D eigenvalue weighted by atomic mass is 10.1. The van der Waals surface area contributed by atoms with E-state index in [0.717, 1.165) is 0 Å². The Labute approximate surface area is 76.9 Å². The molecule has 0 aromatic rings. The molecule has 6 nitrogen and oxygen atoms in total. The third-order valence-corrected chi connectivity index (χ3v) is 1.29. The second kappa shape index (κ2) is 5.02. The molecule has 6 heteroatoms. The molecule has 0 fully saturated rings. The molecule has 0 aliphatic heterocycles. The molecular weight excluding hydrogens is 168 g/mol. The van der Waals surface area contributed by atoms with Gasteiger partial charge in [-0.15, -0.1) is 0 Å². The van der Waals surface area contributed by atoms with Gasteiger partial charge in [0.05, 0.1) is 11.4 Å². The van der Waals surface area contributed by atoms with Crippen LogP contribution in [0.25, 0.3) is 0 Å². The third kappa shape index (κ3) is 3.02. The first-order valence-corrected chi connectivity index (χ1v) is 3.68. The zero-order chi connectivity index (χ0) is 10.4. The summed E-state index contributed by atoms with van der Waals surface area (Å²) in [6, 6.07) is 0. The van der Waals surface area contributed by atoms with Crippen LogP contribution >= 0.6 is 0 Å². The van der Waals surface area contributed by atoms with E-state index < -0.39 is 0 Å². The van der Waals surface area contributed by atoms with Crippen molar-refractivity contribution >= 4 is 22.8 Å². The molecule has 5 N–H and O–H groups in total. The van der Waals surface area contributed by atoms with Crippen molar-refractivity contribution in [1.82, 2.24) is 5.43 Å². The Hall–Kier alpha value is -1.72. The summed E-state index contributed by atoms with van der Waals surface area (Å²) in [5.74, 6) is 5.08. The number of rotatable bonds is 4. The topological polar surface area (TPSA) is 110 Å². The van der Waals surface area contributed by atoms with Crippen LogP contribution < -0.4 is 11.3 Å². The highest BCUT2D eigenvalue weighted by Gasteiger charge is 2.13. The van der Waals surface area contributed by atoms with Gasteiger partial charge < -0.3 is 22.1 Å². The maximum absolute atomic E-state index is 7.38. The van der Waals surface area contributed by atoms with Crippen molar-refractivity contribution in [3.05, 3.63) is 0 Å². The van der Waals surface area contributed by atoms with Crippen molar-refractivity contribution in [2.75, 3.05) is 7.05 Å². The predicted molar refractivity (Wildman–Crippen MR) is 54.9 cm³/mol. The fraction of sp³-hybridized carbons (Fsp3) is 0.429. The number of nitrogens with two attached hydrogens (primary N) is 1. The Morgan fingerprint density at radius 1 is 1.15 bits per heavy atom. The van der Waals surface area contributed by atoms with Crippen molar-refractivity contribution in [2.24, 2.45) is 16.0 Å². The predicted octanol–water partition coefficient (Wildman–Crippen LogP) is -0.0442. The lowest BCUT2D eigenvalue weighted by molar-refractivity contribution is 0.906. The summed E-state index contributed by atoms with van der Waals surface area (Å²) in [5, 5.41) is 21.9. The minimum absolute atomic E-state index is 0.183. The molecule has 72 valence electrons. The van der Waals surface area contributed by atoms with E-state index >= 15 is 0 Å². The molecule has 0 atom stereocenters. The third-order valence-electron chi connectivity index (χ3n) is 1.29. The molecule has 0 heterocycles. The Kier molecular flexibility index (Phi) is 4.36. The molecule has 0 unspecified atom stereocenters. The van der Waals surface area contributed by atoms with Crippen LogP contribution in [0.4, 0.5) is 0 Å². The van der Waals surface area contributed by atoms with Crippen LogP contribution in [0.5, 0.6) is 0 Å². The first-order chi connectivity index (χ1) is 6.04. The highest BCUT2D eigenvalue weighted by molar-refractivity contribution is 6.81. The van der Waals surface area contributed by atoms with Gasteiger partial charge in [-0.25, -0.2) is 0 Å². The van der Waals surface area contributed by atoms with Crippen LogP contribution in [0, 0.1) is 10.8 Å². The van der Waals surface area contributed by atoms with E-state index in [0.29, 0.717) is 0 Å². The normalized spacial score (nSPS) is 12.5. The second-order valence-electron chi connectivity index (χ2n) is 2.41. The van der Waals surface area contributed by atoms with Gasteiger partial charge in [0.15, 0.2) is 0 Å². The fourth-order valence-electron chi connectivity index (χ4n) is 0.762. The smallest absolute Gasteiger partial charge is 0.133 e. The summed E-state index contributed by atoms with van der Waals surface area (Å²) >= 11 is 0. The zero-order valence-electron chi connectivity index (χ0n) is 7.97. The summed E-state index contributed by atoms with van der Waals surface area (Å²) in [7, 11) is 1.61. The maximum atomic E-state index is 7.38. The number of hydrogen-bond donors (Lipinski definition) is 4. The monoisotopic (exact) mass is 182 g/mol. The Bertz CT molecular complexity index is 275. The lowest BCUT2D eigenvalue weighted by Crippen LogP contribution is -2.30. The molecule has 0 radical (unpaired) electrons. The Morgan fingerprint density at radius 2 is 1.62 bits per heavy atom. The van der Waals surface area contributed by atoms with Crippen LogP contribution in [-0.4, -0.2) is 29.9 Å². The van der Waals surface area contributed by atoms with Crippen molar-refractivity contribution in [2.45, 2.75) is 13.8 Å². The van der Waals surface area contributed by atoms with Gasteiger partial charge in [-0.2, -0.15) is 10.2 Å². The van der Waals surface area contributed by atoms with Gasteiger partial charge in [-0.3, -0.25) is 0 Å². The van der Waals surface area contributed by atoms with E-state index in [1.54, 1.807) is 20.9 Å². The van der Waals surface area contributed by atoms with Gasteiger partial charge in [0, 0.05) is 7.05 Å². The lowest BCUT2D eigenvalue weighted by Gasteiger charge is -2.05. The van der Waals surface area contributed by atoms with Gasteiger partial charge in [0.2, 0.25) is 0 Å². The van der Waals surface area contributed by atoms with Crippen LogP contribution in [0.3, 0.4) is 0 Å². The summed E-state index contributed by atoms with van der Waals surface area (Å²) in [4.78, 5) is 0. The van der Waals surface area contributed by atoms with Gasteiger partial charge in [-0.05, 0) is 13.8 Å². The molecule has 0 aliphatic rings. The van der Waals surface area contributed by atoms with Gasteiger partial charge >= 0.3 is 0 Å². The number of nitrogens with zero attached hydrogens (tertiary/aromatic N) is 2. The minimum Gasteiger partial charge on any atom is -0.323 e. The van der Waals surface area contributed by atoms with E-state index in [1.807, 2.05) is 0 Å². The number of nitrogens with one attached hydrogen (secondary N) is 3. The van der Waals surface area contributed by atoms with Gasteiger partial charge in [0.1, 0.15) is 11.4 Å².